The normalized spacial score (nSPS) is 44.9. The number of rotatable bonds is 4. The summed E-state index contributed by atoms with van der Waals surface area (Å²) in [5.74, 6) is 1.37. The van der Waals surface area contributed by atoms with E-state index in [0.717, 1.165) is 31.1 Å². The molecule has 3 fully saturated rings. The van der Waals surface area contributed by atoms with Crippen LogP contribution in [0.1, 0.15) is 59.3 Å². The van der Waals surface area contributed by atoms with Gasteiger partial charge in [0, 0.05) is 24.7 Å². The Labute approximate surface area is 128 Å². The minimum absolute atomic E-state index is 0.136. The second-order valence-corrected chi connectivity index (χ2v) is 8.02. The summed E-state index contributed by atoms with van der Waals surface area (Å²) in [6.07, 6.45) is 6.65. The molecule has 0 bridgehead atoms. The predicted octanol–water partition coefficient (Wildman–Crippen LogP) is 1.88. The quantitative estimate of drug-likeness (QED) is 0.832. The van der Waals surface area contributed by atoms with Gasteiger partial charge in [0.05, 0.1) is 5.54 Å². The summed E-state index contributed by atoms with van der Waals surface area (Å²) in [7, 11) is 0. The highest BCUT2D eigenvalue weighted by Gasteiger charge is 2.49. The SMILES string of the molecule is CC1CC(C)C(C)N(C2CCC(NC3CC3)(C(N)=O)C2)C1. The second-order valence-electron chi connectivity index (χ2n) is 8.02. The molecule has 1 amide bonds. The molecule has 0 aromatic heterocycles. The van der Waals surface area contributed by atoms with E-state index in [1.54, 1.807) is 0 Å². The van der Waals surface area contributed by atoms with Crippen LogP contribution in [0.5, 0.6) is 0 Å². The Morgan fingerprint density at radius 3 is 2.57 bits per heavy atom. The molecular weight excluding hydrogens is 262 g/mol. The molecule has 3 aliphatic rings. The maximum atomic E-state index is 12.1. The predicted molar refractivity (Wildman–Crippen MR) is 84.8 cm³/mol. The van der Waals surface area contributed by atoms with Gasteiger partial charge >= 0.3 is 0 Å². The first-order chi connectivity index (χ1) is 9.91. The first-order valence-electron chi connectivity index (χ1n) is 8.74. The summed E-state index contributed by atoms with van der Waals surface area (Å²) >= 11 is 0. The Hall–Kier alpha value is -0.610. The van der Waals surface area contributed by atoms with Crippen LogP contribution in [0.15, 0.2) is 0 Å². The Balaban J connectivity index is 1.71. The van der Waals surface area contributed by atoms with E-state index in [2.05, 4.69) is 31.0 Å². The Kier molecular flexibility index (Phi) is 4.04. The van der Waals surface area contributed by atoms with E-state index >= 15 is 0 Å². The molecule has 4 heteroatoms. The number of nitrogens with zero attached hydrogens (tertiary/aromatic N) is 1. The highest BCUT2D eigenvalue weighted by atomic mass is 16.1. The average Bonchev–Trinajstić information content (AvgIpc) is 3.11. The summed E-state index contributed by atoms with van der Waals surface area (Å²) in [5.41, 5.74) is 5.33. The lowest BCUT2D eigenvalue weighted by Crippen LogP contribution is -2.56. The number of primary amides is 1. The molecule has 0 spiro atoms. The van der Waals surface area contributed by atoms with Gasteiger partial charge in [-0.1, -0.05) is 13.8 Å². The molecule has 0 radical (unpaired) electrons. The van der Waals surface area contributed by atoms with Gasteiger partial charge in [0.15, 0.2) is 0 Å². The molecular formula is C17H31N3O. The molecule has 21 heavy (non-hydrogen) atoms. The van der Waals surface area contributed by atoms with Gasteiger partial charge in [-0.2, -0.15) is 0 Å². The number of carbonyl (C=O) groups is 1. The molecule has 1 aliphatic heterocycles. The zero-order chi connectivity index (χ0) is 15.2. The van der Waals surface area contributed by atoms with Crippen molar-refractivity contribution in [2.45, 2.75) is 83.0 Å². The van der Waals surface area contributed by atoms with Crippen molar-refractivity contribution in [3.8, 4) is 0 Å². The summed E-state index contributed by atoms with van der Waals surface area (Å²) in [6.45, 7) is 8.25. The van der Waals surface area contributed by atoms with E-state index in [0.29, 0.717) is 18.1 Å². The van der Waals surface area contributed by atoms with E-state index in [4.69, 9.17) is 5.73 Å². The molecule has 120 valence electrons. The lowest BCUT2D eigenvalue weighted by molar-refractivity contribution is -0.124. The van der Waals surface area contributed by atoms with E-state index in [9.17, 15) is 4.79 Å². The van der Waals surface area contributed by atoms with Gasteiger partial charge < -0.3 is 11.1 Å². The van der Waals surface area contributed by atoms with Crippen LogP contribution < -0.4 is 11.1 Å². The van der Waals surface area contributed by atoms with Crippen molar-refractivity contribution in [2.75, 3.05) is 6.54 Å². The standard InChI is InChI=1S/C17H31N3O/c1-11-8-12(2)13(3)20(10-11)15-6-7-17(9-15,16(18)21)19-14-4-5-14/h11-15,19H,4-10H2,1-3H3,(H2,18,21). The fourth-order valence-corrected chi connectivity index (χ4v) is 4.59. The zero-order valence-electron chi connectivity index (χ0n) is 13.8. The van der Waals surface area contributed by atoms with Crippen molar-refractivity contribution < 1.29 is 4.79 Å². The van der Waals surface area contributed by atoms with E-state index in [-0.39, 0.29) is 5.91 Å². The summed E-state index contributed by atoms with van der Waals surface area (Å²) < 4.78 is 0. The topological polar surface area (TPSA) is 58.4 Å². The lowest BCUT2D eigenvalue weighted by atomic mass is 9.84. The Bertz CT molecular complexity index is 409. The van der Waals surface area contributed by atoms with Gasteiger partial charge in [-0.15, -0.1) is 0 Å². The van der Waals surface area contributed by atoms with Crippen LogP contribution in [0, 0.1) is 11.8 Å². The van der Waals surface area contributed by atoms with Gasteiger partial charge in [0.1, 0.15) is 0 Å². The fourth-order valence-electron chi connectivity index (χ4n) is 4.59. The maximum Gasteiger partial charge on any atom is 0.237 e. The van der Waals surface area contributed by atoms with Crippen LogP contribution in [0.2, 0.25) is 0 Å². The molecule has 0 aromatic rings. The number of likely N-dealkylation sites (tertiary alicyclic amines) is 1. The summed E-state index contributed by atoms with van der Waals surface area (Å²) in [6, 6.07) is 1.67. The van der Waals surface area contributed by atoms with E-state index in [1.165, 1.54) is 25.8 Å². The highest BCUT2D eigenvalue weighted by molar-refractivity contribution is 5.85. The largest absolute Gasteiger partial charge is 0.368 e. The third kappa shape index (κ3) is 2.98. The first kappa shape index (κ1) is 15.3. The molecule has 4 nitrogen and oxygen atoms in total. The monoisotopic (exact) mass is 293 g/mol. The van der Waals surface area contributed by atoms with Crippen molar-refractivity contribution in [3.63, 3.8) is 0 Å². The van der Waals surface area contributed by atoms with Crippen molar-refractivity contribution in [1.82, 2.24) is 10.2 Å². The number of piperidine rings is 1. The van der Waals surface area contributed by atoms with Crippen LogP contribution >= 0.6 is 0 Å². The highest BCUT2D eigenvalue weighted by Crippen LogP contribution is 2.39. The molecule has 2 saturated carbocycles. The van der Waals surface area contributed by atoms with E-state index in [1.807, 2.05) is 0 Å². The zero-order valence-corrected chi connectivity index (χ0v) is 13.8. The molecule has 2 aliphatic carbocycles. The first-order valence-corrected chi connectivity index (χ1v) is 8.74. The third-order valence-corrected chi connectivity index (χ3v) is 6.13. The molecule has 5 unspecified atom stereocenters. The number of hydrogen-bond donors (Lipinski definition) is 2. The van der Waals surface area contributed by atoms with Crippen LogP contribution in [0.25, 0.3) is 0 Å². The molecule has 5 atom stereocenters. The van der Waals surface area contributed by atoms with Crippen LogP contribution in [-0.4, -0.2) is 41.0 Å². The maximum absolute atomic E-state index is 12.1. The molecule has 3 rings (SSSR count). The number of nitrogens with one attached hydrogen (secondary N) is 1. The van der Waals surface area contributed by atoms with Gasteiger partial charge in [0.25, 0.3) is 0 Å². The average molecular weight is 293 g/mol. The number of hydrogen-bond acceptors (Lipinski definition) is 3. The molecule has 3 N–H and O–H groups in total. The van der Waals surface area contributed by atoms with Crippen LogP contribution in [0.4, 0.5) is 0 Å². The Morgan fingerprint density at radius 2 is 1.95 bits per heavy atom. The molecule has 1 saturated heterocycles. The third-order valence-electron chi connectivity index (χ3n) is 6.13. The van der Waals surface area contributed by atoms with Gasteiger partial charge in [0.2, 0.25) is 5.91 Å². The molecule has 1 heterocycles. The fraction of sp³-hybridized carbons (Fsp3) is 0.941. The number of carbonyl (C=O) groups excluding carboxylic acids is 1. The van der Waals surface area contributed by atoms with Crippen LogP contribution in [-0.2, 0) is 4.79 Å². The van der Waals surface area contributed by atoms with Gasteiger partial charge in [-0.05, 0) is 57.3 Å². The number of nitrogens with two attached hydrogens (primary N) is 1. The van der Waals surface area contributed by atoms with Crippen LogP contribution in [0.3, 0.4) is 0 Å². The van der Waals surface area contributed by atoms with Crippen molar-refractivity contribution in [3.05, 3.63) is 0 Å². The summed E-state index contributed by atoms with van der Waals surface area (Å²) in [5, 5.41) is 3.57. The minimum Gasteiger partial charge on any atom is -0.368 e. The lowest BCUT2D eigenvalue weighted by Gasteiger charge is -2.45. The van der Waals surface area contributed by atoms with Crippen molar-refractivity contribution >= 4 is 5.91 Å². The second kappa shape index (κ2) is 5.54. The molecule has 0 aromatic carbocycles. The summed E-state index contributed by atoms with van der Waals surface area (Å²) in [4.78, 5) is 14.7. The van der Waals surface area contributed by atoms with Gasteiger partial charge in [-0.25, -0.2) is 0 Å². The smallest absolute Gasteiger partial charge is 0.237 e. The minimum atomic E-state index is -0.435. The van der Waals surface area contributed by atoms with Gasteiger partial charge in [-0.3, -0.25) is 9.69 Å². The Morgan fingerprint density at radius 1 is 1.24 bits per heavy atom. The van der Waals surface area contributed by atoms with Crippen molar-refractivity contribution in [1.29, 1.82) is 0 Å². The van der Waals surface area contributed by atoms with E-state index < -0.39 is 5.54 Å². The number of amides is 1. The van der Waals surface area contributed by atoms with Crippen molar-refractivity contribution in [2.24, 2.45) is 17.6 Å².